The van der Waals surface area contributed by atoms with Crippen molar-refractivity contribution < 1.29 is 39.7 Å². The number of aliphatic hydroxyl groups excluding tert-OH is 5. The van der Waals surface area contributed by atoms with E-state index in [0.29, 0.717) is 0 Å². The van der Waals surface area contributed by atoms with E-state index in [1.165, 1.54) is 0 Å². The van der Waals surface area contributed by atoms with Crippen LogP contribution < -0.4 is 11.5 Å². The molecule has 2 saturated heterocycles. The summed E-state index contributed by atoms with van der Waals surface area (Å²) in [6, 6.07) is -1.86. The largest absolute Gasteiger partial charge is 0.394 e. The number of aliphatic hydroxyl groups is 5. The Morgan fingerprint density at radius 3 is 2.04 bits per heavy atom. The van der Waals surface area contributed by atoms with Crippen molar-refractivity contribution in [3.05, 3.63) is 0 Å². The molecule has 0 radical (unpaired) electrons. The summed E-state index contributed by atoms with van der Waals surface area (Å²) in [5.41, 5.74) is 11.6. The van der Waals surface area contributed by atoms with Gasteiger partial charge in [-0.1, -0.05) is 0 Å². The molecule has 2 aliphatic heterocycles. The van der Waals surface area contributed by atoms with E-state index in [-0.39, 0.29) is 0 Å². The quantitative estimate of drug-likeness (QED) is 0.264. The zero-order valence-electron chi connectivity index (χ0n) is 12.8. The molecular weight excluding hydrogens is 312 g/mol. The van der Waals surface area contributed by atoms with Crippen LogP contribution in [-0.4, -0.2) is 99.8 Å². The molecule has 0 aromatic heterocycles. The molecule has 2 rings (SSSR count). The predicted octanol–water partition coefficient (Wildman–Crippen LogP) is -4.39. The molecule has 0 saturated carbocycles. The minimum atomic E-state index is -1.38. The third kappa shape index (κ3) is 3.66. The highest BCUT2D eigenvalue weighted by atomic mass is 16.7. The average Bonchev–Trinajstić information content (AvgIpc) is 2.55. The van der Waals surface area contributed by atoms with Gasteiger partial charge >= 0.3 is 0 Å². The van der Waals surface area contributed by atoms with Gasteiger partial charge in [0.05, 0.1) is 31.4 Å². The van der Waals surface area contributed by atoms with E-state index in [0.717, 1.165) is 0 Å². The van der Waals surface area contributed by atoms with E-state index in [1.807, 2.05) is 0 Å². The van der Waals surface area contributed by atoms with Crippen molar-refractivity contribution in [2.45, 2.75) is 68.0 Å². The summed E-state index contributed by atoms with van der Waals surface area (Å²) in [6.45, 7) is 0.696. The fourth-order valence-corrected chi connectivity index (χ4v) is 2.86. The Hall–Kier alpha value is -0.400. The van der Waals surface area contributed by atoms with E-state index in [4.69, 9.17) is 25.7 Å². The molecule has 0 aromatic rings. The summed E-state index contributed by atoms with van der Waals surface area (Å²) in [7, 11) is 0. The first-order chi connectivity index (χ1) is 10.8. The van der Waals surface area contributed by atoms with Gasteiger partial charge < -0.3 is 51.2 Å². The van der Waals surface area contributed by atoms with Gasteiger partial charge in [0.15, 0.2) is 6.29 Å². The summed E-state index contributed by atoms with van der Waals surface area (Å²) >= 11 is 0. The Labute approximate surface area is 133 Å². The Morgan fingerprint density at radius 1 is 0.870 bits per heavy atom. The minimum Gasteiger partial charge on any atom is -0.394 e. The first-order valence-electron chi connectivity index (χ1n) is 7.55. The Balaban J connectivity index is 2.11. The van der Waals surface area contributed by atoms with Crippen LogP contribution in [0.5, 0.6) is 0 Å². The number of nitrogens with two attached hydrogens (primary N) is 2. The van der Waals surface area contributed by atoms with Gasteiger partial charge in [-0.3, -0.25) is 0 Å². The lowest BCUT2D eigenvalue weighted by Crippen LogP contribution is -2.67. The van der Waals surface area contributed by atoms with E-state index in [9.17, 15) is 25.5 Å². The second-order valence-corrected chi connectivity index (χ2v) is 6.01. The highest BCUT2D eigenvalue weighted by Gasteiger charge is 2.48. The third-order valence-corrected chi connectivity index (χ3v) is 4.43. The van der Waals surface area contributed by atoms with Gasteiger partial charge in [-0.2, -0.15) is 0 Å². The molecule has 0 spiro atoms. The maximum Gasteiger partial charge on any atom is 0.176 e. The second kappa shape index (κ2) is 7.66. The lowest BCUT2D eigenvalue weighted by Gasteiger charge is -2.46. The van der Waals surface area contributed by atoms with Crippen LogP contribution in [0.2, 0.25) is 0 Å². The lowest BCUT2D eigenvalue weighted by molar-refractivity contribution is -0.310. The van der Waals surface area contributed by atoms with Crippen LogP contribution in [0.1, 0.15) is 6.92 Å². The predicted molar refractivity (Wildman–Crippen MR) is 76.0 cm³/mol. The first-order valence-corrected chi connectivity index (χ1v) is 7.55. The van der Waals surface area contributed by atoms with Gasteiger partial charge in [0.1, 0.15) is 36.6 Å². The summed E-state index contributed by atoms with van der Waals surface area (Å²) in [5.74, 6) is 0. The van der Waals surface area contributed by atoms with Gasteiger partial charge in [-0.15, -0.1) is 0 Å². The van der Waals surface area contributed by atoms with Crippen LogP contribution in [0.3, 0.4) is 0 Å². The molecule has 5 unspecified atom stereocenters. The SMILES string of the molecule is CC1OC(CO)[C@@H](O[C@@H]2OC(CO)[C@@H](O)[C@H](O)C2N)[C@H](O)C1N. The third-order valence-electron chi connectivity index (χ3n) is 4.43. The first kappa shape index (κ1) is 18.9. The molecule has 2 heterocycles. The number of hydrogen-bond donors (Lipinski definition) is 7. The molecule has 2 fully saturated rings. The van der Waals surface area contributed by atoms with Crippen molar-refractivity contribution in [2.75, 3.05) is 13.2 Å². The van der Waals surface area contributed by atoms with Gasteiger partial charge in [0.25, 0.3) is 0 Å². The van der Waals surface area contributed by atoms with Gasteiger partial charge in [0.2, 0.25) is 0 Å². The van der Waals surface area contributed by atoms with Crippen molar-refractivity contribution in [3.8, 4) is 0 Å². The minimum absolute atomic E-state index is 0.421. The van der Waals surface area contributed by atoms with E-state index < -0.39 is 74.3 Å². The summed E-state index contributed by atoms with van der Waals surface area (Å²) in [5, 5.41) is 48.5. The molecule has 0 bridgehead atoms. The average molecular weight is 338 g/mol. The topological polar surface area (TPSA) is 181 Å². The van der Waals surface area contributed by atoms with Crippen molar-refractivity contribution in [1.82, 2.24) is 0 Å². The lowest BCUT2D eigenvalue weighted by atomic mass is 9.93. The molecule has 10 atom stereocenters. The number of hydrogen-bond acceptors (Lipinski definition) is 10. The van der Waals surface area contributed by atoms with Crippen LogP contribution >= 0.6 is 0 Å². The van der Waals surface area contributed by atoms with E-state index in [2.05, 4.69) is 0 Å². The Kier molecular flexibility index (Phi) is 6.30. The smallest absolute Gasteiger partial charge is 0.176 e. The molecule has 10 heteroatoms. The zero-order valence-corrected chi connectivity index (χ0v) is 12.8. The summed E-state index contributed by atoms with van der Waals surface area (Å²) in [6.07, 6.45) is -8.58. The van der Waals surface area contributed by atoms with Crippen LogP contribution in [0.25, 0.3) is 0 Å². The standard InChI is InChI=1S/C13H26N2O8/c1-4-7(14)11(20)12(6(3-17)21-4)23-13-8(15)10(19)9(18)5(2-16)22-13/h4-13,16-20H,2-3,14-15H2,1H3/t4?,5?,6?,7?,8?,9-,10-,11-,12-,13+/m1/s1. The molecule has 0 aromatic carbocycles. The summed E-state index contributed by atoms with van der Waals surface area (Å²) in [4.78, 5) is 0. The maximum absolute atomic E-state index is 10.3. The van der Waals surface area contributed by atoms with Gasteiger partial charge in [0, 0.05) is 0 Å². The molecular formula is C13H26N2O8. The van der Waals surface area contributed by atoms with Crippen LogP contribution in [-0.2, 0) is 14.2 Å². The van der Waals surface area contributed by atoms with E-state index in [1.54, 1.807) is 6.92 Å². The molecule has 136 valence electrons. The Morgan fingerprint density at radius 2 is 1.48 bits per heavy atom. The highest BCUT2D eigenvalue weighted by molar-refractivity contribution is 4.96. The highest BCUT2D eigenvalue weighted by Crippen LogP contribution is 2.27. The van der Waals surface area contributed by atoms with Crippen molar-refractivity contribution in [1.29, 1.82) is 0 Å². The van der Waals surface area contributed by atoms with Crippen LogP contribution in [0.4, 0.5) is 0 Å². The summed E-state index contributed by atoms with van der Waals surface area (Å²) < 4.78 is 16.4. The van der Waals surface area contributed by atoms with Gasteiger partial charge in [-0.05, 0) is 6.92 Å². The normalized spacial score (nSPS) is 51.7. The van der Waals surface area contributed by atoms with Crippen molar-refractivity contribution in [2.24, 2.45) is 11.5 Å². The molecule has 0 aliphatic carbocycles. The maximum atomic E-state index is 10.3. The second-order valence-electron chi connectivity index (χ2n) is 6.01. The molecule has 2 aliphatic rings. The fourth-order valence-electron chi connectivity index (χ4n) is 2.86. The fraction of sp³-hybridized carbons (Fsp3) is 1.00. The number of rotatable bonds is 4. The van der Waals surface area contributed by atoms with Crippen molar-refractivity contribution in [3.63, 3.8) is 0 Å². The Bertz CT molecular complexity index is 385. The van der Waals surface area contributed by atoms with E-state index >= 15 is 0 Å². The zero-order chi connectivity index (χ0) is 17.3. The van der Waals surface area contributed by atoms with Crippen molar-refractivity contribution >= 4 is 0 Å². The molecule has 9 N–H and O–H groups in total. The molecule has 10 nitrogen and oxygen atoms in total. The van der Waals surface area contributed by atoms with Crippen LogP contribution in [0, 0.1) is 0 Å². The molecule has 0 amide bonds. The van der Waals surface area contributed by atoms with Crippen LogP contribution in [0.15, 0.2) is 0 Å². The molecule has 23 heavy (non-hydrogen) atoms. The monoisotopic (exact) mass is 338 g/mol. The van der Waals surface area contributed by atoms with Gasteiger partial charge in [-0.25, -0.2) is 0 Å². The number of ether oxygens (including phenoxy) is 3.